The van der Waals surface area contributed by atoms with E-state index in [4.69, 9.17) is 5.11 Å². The van der Waals surface area contributed by atoms with Crippen molar-refractivity contribution >= 4 is 5.97 Å². The summed E-state index contributed by atoms with van der Waals surface area (Å²) in [6, 6.07) is 0. The molecule has 0 aromatic heterocycles. The fourth-order valence-corrected chi connectivity index (χ4v) is 1.53. The van der Waals surface area contributed by atoms with Crippen molar-refractivity contribution in [3.8, 4) is 0 Å². The quantitative estimate of drug-likeness (QED) is 0.341. The second-order valence-electron chi connectivity index (χ2n) is 4.04. The van der Waals surface area contributed by atoms with Crippen LogP contribution in [-0.2, 0) is 4.79 Å². The number of carboxylic acids is 1. The van der Waals surface area contributed by atoms with Gasteiger partial charge in [-0.15, -0.1) is 0 Å². The van der Waals surface area contributed by atoms with Crippen molar-refractivity contribution in [1.29, 1.82) is 0 Å². The van der Waals surface area contributed by atoms with Crippen LogP contribution >= 0.6 is 0 Å². The van der Waals surface area contributed by atoms with Crippen LogP contribution in [0.2, 0.25) is 0 Å². The Bertz CT molecular complexity index is 217. The lowest BCUT2D eigenvalue weighted by Gasteiger charge is -1.98. The molecule has 0 amide bonds. The van der Waals surface area contributed by atoms with Gasteiger partial charge in [-0.1, -0.05) is 63.7 Å². The molecule has 2 nitrogen and oxygen atoms in total. The van der Waals surface area contributed by atoms with Gasteiger partial charge in [-0.2, -0.15) is 0 Å². The molecule has 0 atom stereocenters. The molecule has 0 heterocycles. The minimum atomic E-state index is -0.888. The zero-order valence-electron chi connectivity index (χ0n) is 10.3. The third kappa shape index (κ3) is 12.9. The summed E-state index contributed by atoms with van der Waals surface area (Å²) < 4.78 is 0. The summed E-state index contributed by atoms with van der Waals surface area (Å²) in [6.07, 6.45) is 16.8. The Hall–Kier alpha value is -1.05. The Morgan fingerprint density at radius 1 is 1.00 bits per heavy atom. The molecule has 92 valence electrons. The molecule has 0 fully saturated rings. The highest BCUT2D eigenvalue weighted by atomic mass is 16.4. The van der Waals surface area contributed by atoms with Crippen molar-refractivity contribution < 1.29 is 9.90 Å². The Balaban J connectivity index is 3.17. The van der Waals surface area contributed by atoms with E-state index in [1.807, 2.05) is 12.2 Å². The molecule has 1 N–H and O–H groups in total. The molecule has 2 heteroatoms. The molecule has 0 aliphatic carbocycles. The van der Waals surface area contributed by atoms with Crippen LogP contribution in [0.25, 0.3) is 0 Å². The summed E-state index contributed by atoms with van der Waals surface area (Å²) in [5, 5.41) is 8.34. The van der Waals surface area contributed by atoms with Gasteiger partial charge in [-0.3, -0.25) is 0 Å². The fourth-order valence-electron chi connectivity index (χ4n) is 1.53. The van der Waals surface area contributed by atoms with E-state index >= 15 is 0 Å². The van der Waals surface area contributed by atoms with E-state index in [0.29, 0.717) is 0 Å². The van der Waals surface area contributed by atoms with Crippen molar-refractivity contribution in [3.05, 3.63) is 24.3 Å². The lowest BCUT2D eigenvalue weighted by Crippen LogP contribution is -1.84. The van der Waals surface area contributed by atoms with E-state index < -0.39 is 5.97 Å². The maximum atomic E-state index is 10.1. The minimum Gasteiger partial charge on any atom is -0.478 e. The molecule has 0 spiro atoms. The van der Waals surface area contributed by atoms with Gasteiger partial charge < -0.3 is 5.11 Å². The Kier molecular flexibility index (Phi) is 11.2. The summed E-state index contributed by atoms with van der Waals surface area (Å²) in [5.41, 5.74) is 0. The predicted molar refractivity (Wildman–Crippen MR) is 68.5 cm³/mol. The monoisotopic (exact) mass is 224 g/mol. The van der Waals surface area contributed by atoms with Crippen LogP contribution in [0.15, 0.2) is 24.3 Å². The summed E-state index contributed by atoms with van der Waals surface area (Å²) in [6.45, 7) is 2.23. The van der Waals surface area contributed by atoms with Gasteiger partial charge >= 0.3 is 5.97 Å². The number of unbranched alkanes of at least 4 members (excludes halogenated alkanes) is 7. The Morgan fingerprint density at radius 2 is 1.62 bits per heavy atom. The standard InChI is InChI=1S/C14H24O2/c1-2-3-4-5-6-7-8-9-10-11-12-13-14(15)16/h10-13H,2-9H2,1H3,(H,15,16)/b11-10-,13-12-. The van der Waals surface area contributed by atoms with Crippen LogP contribution in [-0.4, -0.2) is 11.1 Å². The van der Waals surface area contributed by atoms with E-state index in [-0.39, 0.29) is 0 Å². The smallest absolute Gasteiger partial charge is 0.328 e. The molecule has 0 saturated heterocycles. The highest BCUT2D eigenvalue weighted by Gasteiger charge is 1.89. The molecule has 0 aromatic rings. The lowest BCUT2D eigenvalue weighted by molar-refractivity contribution is -0.131. The van der Waals surface area contributed by atoms with Crippen LogP contribution < -0.4 is 0 Å². The highest BCUT2D eigenvalue weighted by molar-refractivity contribution is 5.80. The van der Waals surface area contributed by atoms with Gasteiger partial charge in [0.15, 0.2) is 0 Å². The molecule has 0 saturated carbocycles. The van der Waals surface area contributed by atoms with Crippen molar-refractivity contribution in [3.63, 3.8) is 0 Å². The number of hydrogen-bond acceptors (Lipinski definition) is 1. The molecule has 0 rings (SSSR count). The number of allylic oxidation sites excluding steroid dienone is 3. The maximum Gasteiger partial charge on any atom is 0.328 e. The number of aliphatic carboxylic acids is 1. The summed E-state index contributed by atoms with van der Waals surface area (Å²) in [5.74, 6) is -0.888. The number of hydrogen-bond donors (Lipinski definition) is 1. The first-order valence-electron chi connectivity index (χ1n) is 6.33. The third-order valence-corrected chi connectivity index (χ3v) is 2.46. The summed E-state index contributed by atoms with van der Waals surface area (Å²) in [7, 11) is 0. The largest absolute Gasteiger partial charge is 0.478 e. The van der Waals surface area contributed by atoms with Crippen molar-refractivity contribution in [2.75, 3.05) is 0 Å². The molecular formula is C14H24O2. The molecule has 16 heavy (non-hydrogen) atoms. The topological polar surface area (TPSA) is 37.3 Å². The highest BCUT2D eigenvalue weighted by Crippen LogP contribution is 2.08. The third-order valence-electron chi connectivity index (χ3n) is 2.46. The number of carbonyl (C=O) groups is 1. The van der Waals surface area contributed by atoms with Gasteiger partial charge in [0.2, 0.25) is 0 Å². The Morgan fingerprint density at radius 3 is 2.25 bits per heavy atom. The van der Waals surface area contributed by atoms with E-state index in [1.54, 1.807) is 6.08 Å². The van der Waals surface area contributed by atoms with E-state index in [0.717, 1.165) is 12.5 Å². The first kappa shape index (κ1) is 14.9. The Labute approximate surface area is 99.1 Å². The zero-order valence-corrected chi connectivity index (χ0v) is 10.3. The predicted octanol–water partition coefficient (Wildman–Crippen LogP) is 4.32. The molecule has 0 bridgehead atoms. The van der Waals surface area contributed by atoms with Gasteiger partial charge in [-0.25, -0.2) is 4.79 Å². The van der Waals surface area contributed by atoms with Gasteiger partial charge in [0.1, 0.15) is 0 Å². The molecule has 0 aliphatic heterocycles. The average Bonchev–Trinajstić information content (AvgIpc) is 2.25. The second-order valence-corrected chi connectivity index (χ2v) is 4.04. The SMILES string of the molecule is CCCCCCCCC/C=C\C=C/C(=O)O. The zero-order chi connectivity index (χ0) is 12.1. The van der Waals surface area contributed by atoms with Crippen LogP contribution in [0.1, 0.15) is 58.3 Å². The maximum absolute atomic E-state index is 10.1. The normalized spacial score (nSPS) is 11.6. The van der Waals surface area contributed by atoms with Crippen LogP contribution in [0.4, 0.5) is 0 Å². The molecule has 0 aromatic carbocycles. The van der Waals surface area contributed by atoms with Crippen LogP contribution in [0.3, 0.4) is 0 Å². The van der Waals surface area contributed by atoms with Crippen molar-refractivity contribution in [2.24, 2.45) is 0 Å². The van der Waals surface area contributed by atoms with Gasteiger partial charge in [0.25, 0.3) is 0 Å². The van der Waals surface area contributed by atoms with Crippen molar-refractivity contribution in [2.45, 2.75) is 58.3 Å². The molecule has 0 unspecified atom stereocenters. The summed E-state index contributed by atoms with van der Waals surface area (Å²) in [4.78, 5) is 10.1. The fraction of sp³-hybridized carbons (Fsp3) is 0.643. The van der Waals surface area contributed by atoms with Gasteiger partial charge in [0, 0.05) is 6.08 Å². The number of carboxylic acid groups (broad SMARTS) is 1. The summed E-state index contributed by atoms with van der Waals surface area (Å²) >= 11 is 0. The first-order chi connectivity index (χ1) is 7.77. The first-order valence-corrected chi connectivity index (χ1v) is 6.33. The minimum absolute atomic E-state index is 0.888. The number of rotatable bonds is 10. The average molecular weight is 224 g/mol. The van der Waals surface area contributed by atoms with Crippen LogP contribution in [0, 0.1) is 0 Å². The van der Waals surface area contributed by atoms with Crippen LogP contribution in [0.5, 0.6) is 0 Å². The van der Waals surface area contributed by atoms with Gasteiger partial charge in [0.05, 0.1) is 0 Å². The second kappa shape index (κ2) is 12.0. The molecular weight excluding hydrogens is 200 g/mol. The molecule has 0 radical (unpaired) electrons. The lowest BCUT2D eigenvalue weighted by atomic mass is 10.1. The van der Waals surface area contributed by atoms with E-state index in [2.05, 4.69) is 6.92 Å². The van der Waals surface area contributed by atoms with Crippen molar-refractivity contribution in [1.82, 2.24) is 0 Å². The van der Waals surface area contributed by atoms with E-state index in [9.17, 15) is 4.79 Å². The molecule has 0 aliphatic rings. The van der Waals surface area contributed by atoms with Gasteiger partial charge in [-0.05, 0) is 12.8 Å². The van der Waals surface area contributed by atoms with E-state index in [1.165, 1.54) is 44.9 Å².